The van der Waals surface area contributed by atoms with Gasteiger partial charge in [-0.3, -0.25) is 0 Å². The Kier molecular flexibility index (Phi) is 6.31. The van der Waals surface area contributed by atoms with Crippen molar-refractivity contribution in [2.45, 2.75) is 50.7 Å². The molecule has 7 heteroatoms. The molecule has 1 aliphatic carbocycles. The summed E-state index contributed by atoms with van der Waals surface area (Å²) in [5, 5.41) is 2.97. The van der Waals surface area contributed by atoms with Gasteiger partial charge in [0.05, 0.1) is 5.92 Å². The summed E-state index contributed by atoms with van der Waals surface area (Å²) in [6.45, 7) is 0. The van der Waals surface area contributed by atoms with E-state index in [9.17, 15) is 21.6 Å². The van der Waals surface area contributed by atoms with E-state index in [0.29, 0.717) is 25.7 Å². The van der Waals surface area contributed by atoms with Crippen LogP contribution in [0.15, 0.2) is 0 Å². The standard InChI is InChI=1S/C13H24F3NO2S/c1-17-12(8-5-9-20(2,18)19)10-6-3-4-7-11(10)13(14,15)16/h10-12,17H,3-9H2,1-2H3. The number of hydrogen-bond acceptors (Lipinski definition) is 3. The fourth-order valence-corrected chi connectivity index (χ4v) is 3.88. The van der Waals surface area contributed by atoms with E-state index in [4.69, 9.17) is 0 Å². The van der Waals surface area contributed by atoms with Crippen LogP contribution in [0.5, 0.6) is 0 Å². The van der Waals surface area contributed by atoms with E-state index in [1.807, 2.05) is 0 Å². The van der Waals surface area contributed by atoms with E-state index in [1.54, 1.807) is 7.05 Å². The molecule has 3 atom stereocenters. The normalized spacial score (nSPS) is 26.4. The Morgan fingerprint density at radius 2 is 1.85 bits per heavy atom. The minimum absolute atomic E-state index is 0.0363. The highest BCUT2D eigenvalue weighted by atomic mass is 32.2. The largest absolute Gasteiger partial charge is 0.392 e. The second-order valence-corrected chi connectivity index (χ2v) is 8.02. The van der Waals surface area contributed by atoms with Crippen LogP contribution < -0.4 is 5.32 Å². The summed E-state index contributed by atoms with van der Waals surface area (Å²) in [7, 11) is -1.39. The van der Waals surface area contributed by atoms with Crippen molar-refractivity contribution in [1.29, 1.82) is 0 Å². The second kappa shape index (κ2) is 7.11. The lowest BCUT2D eigenvalue weighted by Crippen LogP contribution is -2.44. The van der Waals surface area contributed by atoms with Gasteiger partial charge >= 0.3 is 6.18 Å². The molecule has 0 aliphatic heterocycles. The molecule has 3 nitrogen and oxygen atoms in total. The molecule has 1 rings (SSSR count). The van der Waals surface area contributed by atoms with Gasteiger partial charge in [0, 0.05) is 18.1 Å². The summed E-state index contributed by atoms with van der Waals surface area (Å²) in [4.78, 5) is 0. The van der Waals surface area contributed by atoms with Crippen molar-refractivity contribution < 1.29 is 21.6 Å². The Morgan fingerprint density at radius 1 is 1.25 bits per heavy atom. The van der Waals surface area contributed by atoms with Crippen molar-refractivity contribution in [3.63, 3.8) is 0 Å². The maximum absolute atomic E-state index is 13.1. The highest BCUT2D eigenvalue weighted by molar-refractivity contribution is 7.90. The Morgan fingerprint density at radius 3 is 2.35 bits per heavy atom. The van der Waals surface area contributed by atoms with E-state index in [2.05, 4.69) is 5.32 Å². The Balaban J connectivity index is 2.65. The molecule has 0 amide bonds. The SMILES string of the molecule is CNC(CCCS(C)(=O)=O)C1CCCCC1C(F)(F)F. The molecule has 20 heavy (non-hydrogen) atoms. The highest BCUT2D eigenvalue weighted by Gasteiger charge is 2.47. The van der Waals surface area contributed by atoms with Crippen LogP contribution in [-0.4, -0.2) is 39.7 Å². The highest BCUT2D eigenvalue weighted by Crippen LogP contribution is 2.43. The van der Waals surface area contributed by atoms with Gasteiger partial charge in [0.15, 0.2) is 0 Å². The molecule has 3 unspecified atom stereocenters. The van der Waals surface area contributed by atoms with Crippen molar-refractivity contribution >= 4 is 9.84 Å². The first-order valence-corrected chi connectivity index (χ1v) is 9.13. The molecule has 0 aromatic heterocycles. The van der Waals surface area contributed by atoms with Gasteiger partial charge in [0.2, 0.25) is 0 Å². The molecule has 0 aromatic carbocycles. The third-order valence-electron chi connectivity index (χ3n) is 4.16. The van der Waals surface area contributed by atoms with E-state index in [0.717, 1.165) is 12.7 Å². The topological polar surface area (TPSA) is 46.2 Å². The average molecular weight is 315 g/mol. The van der Waals surface area contributed by atoms with E-state index in [1.165, 1.54) is 0 Å². The van der Waals surface area contributed by atoms with Crippen LogP contribution in [0.2, 0.25) is 0 Å². The van der Waals surface area contributed by atoms with E-state index < -0.39 is 27.8 Å². The molecule has 1 N–H and O–H groups in total. The molecular formula is C13H24F3NO2S. The molecule has 0 heterocycles. The first-order chi connectivity index (χ1) is 9.15. The number of halogens is 3. The van der Waals surface area contributed by atoms with Crippen molar-refractivity contribution in [3.05, 3.63) is 0 Å². The van der Waals surface area contributed by atoms with Crippen molar-refractivity contribution in [1.82, 2.24) is 5.32 Å². The van der Waals surface area contributed by atoms with Crippen LogP contribution in [-0.2, 0) is 9.84 Å². The summed E-state index contributed by atoms with van der Waals surface area (Å²) in [6, 6.07) is -0.260. The van der Waals surface area contributed by atoms with Crippen LogP contribution in [0.1, 0.15) is 38.5 Å². The summed E-state index contributed by atoms with van der Waals surface area (Å²) in [5.41, 5.74) is 0. The monoisotopic (exact) mass is 315 g/mol. The second-order valence-electron chi connectivity index (χ2n) is 5.76. The molecule has 0 spiro atoms. The van der Waals surface area contributed by atoms with Crippen LogP contribution in [0.3, 0.4) is 0 Å². The van der Waals surface area contributed by atoms with Gasteiger partial charge in [0.25, 0.3) is 0 Å². The molecule has 1 aliphatic rings. The predicted octanol–water partition coefficient (Wildman–Crippen LogP) is 2.77. The number of nitrogens with one attached hydrogen (secondary N) is 1. The zero-order valence-electron chi connectivity index (χ0n) is 12.0. The zero-order valence-corrected chi connectivity index (χ0v) is 12.9. The minimum Gasteiger partial charge on any atom is -0.317 e. The smallest absolute Gasteiger partial charge is 0.317 e. The van der Waals surface area contributed by atoms with Crippen LogP contribution >= 0.6 is 0 Å². The molecule has 0 saturated heterocycles. The molecule has 1 saturated carbocycles. The fourth-order valence-electron chi connectivity index (χ4n) is 3.19. The zero-order chi connectivity index (χ0) is 15.4. The van der Waals surface area contributed by atoms with Gasteiger partial charge in [0.1, 0.15) is 9.84 Å². The maximum Gasteiger partial charge on any atom is 0.392 e. The Bertz CT molecular complexity index is 395. The maximum atomic E-state index is 13.1. The van der Waals surface area contributed by atoms with Gasteiger partial charge in [-0.15, -0.1) is 0 Å². The van der Waals surface area contributed by atoms with Gasteiger partial charge in [-0.1, -0.05) is 12.8 Å². The van der Waals surface area contributed by atoms with Gasteiger partial charge in [-0.25, -0.2) is 8.42 Å². The van der Waals surface area contributed by atoms with Gasteiger partial charge in [-0.05, 0) is 38.6 Å². The average Bonchev–Trinajstić information content (AvgIpc) is 2.32. The molecular weight excluding hydrogens is 291 g/mol. The van der Waals surface area contributed by atoms with Crippen LogP contribution in [0, 0.1) is 11.8 Å². The molecule has 0 radical (unpaired) electrons. The van der Waals surface area contributed by atoms with Crippen molar-refractivity contribution in [2.75, 3.05) is 19.1 Å². The lowest BCUT2D eigenvalue weighted by molar-refractivity contribution is -0.199. The number of hydrogen-bond donors (Lipinski definition) is 1. The van der Waals surface area contributed by atoms with Gasteiger partial charge in [-0.2, -0.15) is 13.2 Å². The van der Waals surface area contributed by atoms with E-state index in [-0.39, 0.29) is 18.2 Å². The molecule has 120 valence electrons. The van der Waals surface area contributed by atoms with E-state index >= 15 is 0 Å². The van der Waals surface area contributed by atoms with Crippen molar-refractivity contribution in [3.8, 4) is 0 Å². The fraction of sp³-hybridized carbons (Fsp3) is 1.00. The molecule has 0 aromatic rings. The number of rotatable bonds is 6. The predicted molar refractivity (Wildman–Crippen MR) is 73.3 cm³/mol. The number of sulfone groups is 1. The summed E-state index contributed by atoms with van der Waals surface area (Å²) >= 11 is 0. The Labute approximate surface area is 119 Å². The van der Waals surface area contributed by atoms with Gasteiger partial charge < -0.3 is 5.32 Å². The molecule has 1 fully saturated rings. The summed E-state index contributed by atoms with van der Waals surface area (Å²) < 4.78 is 61.4. The van der Waals surface area contributed by atoms with Crippen molar-refractivity contribution in [2.24, 2.45) is 11.8 Å². The summed E-state index contributed by atoms with van der Waals surface area (Å²) in [6.07, 6.45) is 0.0820. The summed E-state index contributed by atoms with van der Waals surface area (Å²) in [5.74, 6) is -1.66. The minimum atomic E-state index is -4.16. The third-order valence-corrected chi connectivity index (χ3v) is 5.19. The first kappa shape index (κ1) is 17.8. The van der Waals surface area contributed by atoms with Crippen LogP contribution in [0.4, 0.5) is 13.2 Å². The third kappa shape index (κ3) is 5.60. The first-order valence-electron chi connectivity index (χ1n) is 7.07. The number of alkyl halides is 3. The quantitative estimate of drug-likeness (QED) is 0.820. The van der Waals surface area contributed by atoms with Crippen LogP contribution in [0.25, 0.3) is 0 Å². The lowest BCUT2D eigenvalue weighted by atomic mass is 9.74. The lowest BCUT2D eigenvalue weighted by Gasteiger charge is -2.38. The molecule has 0 bridgehead atoms. The Hall–Kier alpha value is -0.300.